The van der Waals surface area contributed by atoms with Crippen molar-refractivity contribution in [2.45, 2.75) is 50.1 Å². The minimum Gasteiger partial charge on any atom is -0.475 e. The van der Waals surface area contributed by atoms with Crippen LogP contribution in [0.25, 0.3) is 0 Å². The van der Waals surface area contributed by atoms with Gasteiger partial charge >= 0.3 is 12.1 Å². The summed E-state index contributed by atoms with van der Waals surface area (Å²) in [6.45, 7) is 3.30. The molecule has 3 rings (SSSR count). The van der Waals surface area contributed by atoms with Gasteiger partial charge in [-0.05, 0) is 31.6 Å². The number of halogens is 3. The van der Waals surface area contributed by atoms with Crippen molar-refractivity contribution in [3.05, 3.63) is 0 Å². The first-order valence-electron chi connectivity index (χ1n) is 7.51. The summed E-state index contributed by atoms with van der Waals surface area (Å²) >= 11 is 0. The Morgan fingerprint density at radius 2 is 2.00 bits per heavy atom. The van der Waals surface area contributed by atoms with Crippen LogP contribution in [0.2, 0.25) is 0 Å². The van der Waals surface area contributed by atoms with Crippen LogP contribution in [-0.4, -0.2) is 67.2 Å². The first-order chi connectivity index (χ1) is 10.3. The molecule has 3 fully saturated rings. The van der Waals surface area contributed by atoms with Crippen LogP contribution in [0.3, 0.4) is 0 Å². The summed E-state index contributed by atoms with van der Waals surface area (Å²) in [5.41, 5.74) is 0. The van der Waals surface area contributed by atoms with Gasteiger partial charge in [0.15, 0.2) is 0 Å². The van der Waals surface area contributed by atoms with E-state index in [1.54, 1.807) is 0 Å². The van der Waals surface area contributed by atoms with Crippen molar-refractivity contribution >= 4 is 5.97 Å². The minimum atomic E-state index is -5.08. The summed E-state index contributed by atoms with van der Waals surface area (Å²) in [5, 5.41) is 7.12. The molecule has 22 heavy (non-hydrogen) atoms. The van der Waals surface area contributed by atoms with Crippen LogP contribution in [0.5, 0.6) is 0 Å². The molecule has 0 unspecified atom stereocenters. The van der Waals surface area contributed by atoms with Crippen molar-refractivity contribution in [2.24, 2.45) is 5.92 Å². The number of nitrogens with zero attached hydrogens (tertiary/aromatic N) is 1. The highest BCUT2D eigenvalue weighted by Gasteiger charge is 2.45. The number of carboxylic acids is 1. The topological polar surface area (TPSA) is 59.0 Å². The number of ether oxygens (including phenoxy) is 2. The summed E-state index contributed by atoms with van der Waals surface area (Å²) in [4.78, 5) is 11.5. The summed E-state index contributed by atoms with van der Waals surface area (Å²) in [5.74, 6) is -1.78. The van der Waals surface area contributed by atoms with Crippen molar-refractivity contribution in [3.8, 4) is 0 Å². The summed E-state index contributed by atoms with van der Waals surface area (Å²) in [6, 6.07) is 0.643. The maximum atomic E-state index is 10.6. The molecule has 8 heteroatoms. The Labute approximate surface area is 127 Å². The Kier molecular flexibility index (Phi) is 5.68. The van der Waals surface area contributed by atoms with Crippen LogP contribution in [0.15, 0.2) is 0 Å². The number of rotatable bonds is 3. The molecule has 0 aromatic heterocycles. The van der Waals surface area contributed by atoms with E-state index in [4.69, 9.17) is 19.4 Å². The fourth-order valence-corrected chi connectivity index (χ4v) is 3.05. The highest BCUT2D eigenvalue weighted by atomic mass is 19.4. The van der Waals surface area contributed by atoms with Gasteiger partial charge in [-0.3, -0.25) is 4.90 Å². The molecule has 0 aromatic carbocycles. The smallest absolute Gasteiger partial charge is 0.475 e. The van der Waals surface area contributed by atoms with E-state index in [0.717, 1.165) is 19.1 Å². The normalized spacial score (nSPS) is 32.1. The zero-order chi connectivity index (χ0) is 16.3. The quantitative estimate of drug-likeness (QED) is 0.859. The number of carbonyl (C=O) groups is 1. The van der Waals surface area contributed by atoms with E-state index < -0.39 is 12.1 Å². The number of fused-ring (bicyclic) bond motifs is 1. The van der Waals surface area contributed by atoms with Gasteiger partial charge in [0.2, 0.25) is 0 Å². The second-order valence-electron chi connectivity index (χ2n) is 6.02. The third-order valence-electron chi connectivity index (χ3n) is 4.32. The van der Waals surface area contributed by atoms with Crippen LogP contribution in [0.1, 0.15) is 25.7 Å². The number of hydrogen-bond acceptors (Lipinski definition) is 4. The van der Waals surface area contributed by atoms with E-state index in [9.17, 15) is 13.2 Å². The second-order valence-corrected chi connectivity index (χ2v) is 6.02. The zero-order valence-electron chi connectivity index (χ0n) is 12.5. The Balaban J connectivity index is 0.000000217. The van der Waals surface area contributed by atoms with Crippen LogP contribution < -0.4 is 0 Å². The average Bonchev–Trinajstić information content (AvgIpc) is 3.20. The minimum absolute atomic E-state index is 0.314. The fourth-order valence-electron chi connectivity index (χ4n) is 3.05. The Hall–Kier alpha value is -0.860. The molecule has 128 valence electrons. The Morgan fingerprint density at radius 3 is 2.50 bits per heavy atom. The average molecular weight is 325 g/mol. The summed E-state index contributed by atoms with van der Waals surface area (Å²) < 4.78 is 43.2. The molecule has 2 saturated heterocycles. The van der Waals surface area contributed by atoms with E-state index in [-0.39, 0.29) is 0 Å². The van der Waals surface area contributed by atoms with Crippen LogP contribution in [0.4, 0.5) is 13.2 Å². The van der Waals surface area contributed by atoms with Gasteiger partial charge in [0.25, 0.3) is 0 Å². The number of methoxy groups -OCH3 is 1. The Morgan fingerprint density at radius 1 is 1.36 bits per heavy atom. The molecule has 5 nitrogen and oxygen atoms in total. The molecular weight excluding hydrogens is 303 g/mol. The van der Waals surface area contributed by atoms with Crippen LogP contribution >= 0.6 is 0 Å². The van der Waals surface area contributed by atoms with Crippen molar-refractivity contribution < 1.29 is 32.5 Å². The lowest BCUT2D eigenvalue weighted by Crippen LogP contribution is -2.42. The molecule has 0 bridgehead atoms. The van der Waals surface area contributed by atoms with E-state index in [2.05, 4.69) is 4.90 Å². The number of carboxylic acid groups (broad SMARTS) is 1. The first kappa shape index (κ1) is 17.5. The van der Waals surface area contributed by atoms with Gasteiger partial charge in [0.05, 0.1) is 6.10 Å². The van der Waals surface area contributed by atoms with Gasteiger partial charge in [-0.15, -0.1) is 0 Å². The molecule has 2 aliphatic heterocycles. The van der Waals surface area contributed by atoms with Crippen molar-refractivity contribution in [1.29, 1.82) is 0 Å². The van der Waals surface area contributed by atoms with Gasteiger partial charge in [0, 0.05) is 32.8 Å². The lowest BCUT2D eigenvalue weighted by molar-refractivity contribution is -0.192. The third-order valence-corrected chi connectivity index (χ3v) is 4.32. The molecule has 1 N–H and O–H groups in total. The maximum absolute atomic E-state index is 10.6. The standard InChI is InChI=1S/C12H21NO2.C2HF3O2/c1-14-11-8-13(7-9-4-5-9)10-3-2-6-15-12(10)11;3-2(4,5)1(6)7/h9-12H,2-8H2,1H3;(H,6,7)/t10-,11+,12+;/m1./s1. The Bertz CT molecular complexity index is 387. The molecule has 0 amide bonds. The molecular formula is C14H22F3NO4. The fraction of sp³-hybridized carbons (Fsp3) is 0.929. The predicted molar refractivity (Wildman–Crippen MR) is 71.5 cm³/mol. The van der Waals surface area contributed by atoms with Gasteiger partial charge in [-0.1, -0.05) is 0 Å². The van der Waals surface area contributed by atoms with Gasteiger partial charge in [0.1, 0.15) is 6.10 Å². The highest BCUT2D eigenvalue weighted by molar-refractivity contribution is 5.73. The third kappa shape index (κ3) is 4.57. The largest absolute Gasteiger partial charge is 0.490 e. The molecule has 0 radical (unpaired) electrons. The van der Waals surface area contributed by atoms with Crippen LogP contribution in [-0.2, 0) is 14.3 Å². The van der Waals surface area contributed by atoms with Crippen molar-refractivity contribution in [3.63, 3.8) is 0 Å². The van der Waals surface area contributed by atoms with Gasteiger partial charge < -0.3 is 14.6 Å². The van der Waals surface area contributed by atoms with Crippen molar-refractivity contribution in [1.82, 2.24) is 4.90 Å². The number of alkyl halides is 3. The second kappa shape index (κ2) is 7.14. The molecule has 0 aromatic rings. The molecule has 0 spiro atoms. The van der Waals surface area contributed by atoms with E-state index in [0.29, 0.717) is 18.2 Å². The number of hydrogen-bond donors (Lipinski definition) is 1. The molecule has 2 heterocycles. The zero-order valence-corrected chi connectivity index (χ0v) is 12.5. The summed E-state index contributed by atoms with van der Waals surface area (Å²) in [6.07, 6.45) is 0.978. The van der Waals surface area contributed by atoms with E-state index in [1.165, 1.54) is 32.2 Å². The summed E-state index contributed by atoms with van der Waals surface area (Å²) in [7, 11) is 1.82. The maximum Gasteiger partial charge on any atom is 0.490 e. The van der Waals surface area contributed by atoms with E-state index in [1.807, 2.05) is 7.11 Å². The lowest BCUT2D eigenvalue weighted by atomic mass is 10.0. The molecule has 1 aliphatic carbocycles. The molecule has 3 atom stereocenters. The predicted octanol–water partition coefficient (Wildman–Crippen LogP) is 1.91. The van der Waals surface area contributed by atoms with E-state index >= 15 is 0 Å². The molecule has 3 aliphatic rings. The monoisotopic (exact) mass is 325 g/mol. The first-order valence-corrected chi connectivity index (χ1v) is 7.51. The number of likely N-dealkylation sites (tertiary alicyclic amines) is 1. The van der Waals surface area contributed by atoms with Crippen LogP contribution in [0, 0.1) is 5.92 Å². The molecule has 1 saturated carbocycles. The van der Waals surface area contributed by atoms with Gasteiger partial charge in [-0.25, -0.2) is 4.79 Å². The van der Waals surface area contributed by atoms with Gasteiger partial charge in [-0.2, -0.15) is 13.2 Å². The lowest BCUT2D eigenvalue weighted by Gasteiger charge is -2.32. The highest BCUT2D eigenvalue weighted by Crippen LogP contribution is 2.36. The van der Waals surface area contributed by atoms with Crippen molar-refractivity contribution in [2.75, 3.05) is 26.8 Å². The number of aliphatic carboxylic acids is 1. The SMILES string of the molecule is CO[C@H]1CN(CC2CC2)[C@@H]2CCCO[C@H]12.O=C(O)C(F)(F)F.